The lowest BCUT2D eigenvalue weighted by Gasteiger charge is -1.99. The van der Waals surface area contributed by atoms with E-state index in [0.717, 1.165) is 5.69 Å². The third kappa shape index (κ3) is 2.57. The summed E-state index contributed by atoms with van der Waals surface area (Å²) in [6, 6.07) is 7.84. The lowest BCUT2D eigenvalue weighted by Crippen LogP contribution is -2.07. The van der Waals surface area contributed by atoms with Gasteiger partial charge >= 0.3 is 0 Å². The Morgan fingerprint density at radius 2 is 2.12 bits per heavy atom. The van der Waals surface area contributed by atoms with Gasteiger partial charge in [0.15, 0.2) is 5.82 Å². The summed E-state index contributed by atoms with van der Waals surface area (Å²) in [4.78, 5) is 11.1. The van der Waals surface area contributed by atoms with Crippen molar-refractivity contribution in [2.24, 2.45) is 0 Å². The molecule has 1 amide bonds. The molecule has 0 atom stereocenters. The van der Waals surface area contributed by atoms with E-state index in [1.165, 1.54) is 11.6 Å². The van der Waals surface area contributed by atoms with E-state index in [-0.39, 0.29) is 5.91 Å². The van der Waals surface area contributed by atoms with E-state index in [2.05, 4.69) is 22.2 Å². The van der Waals surface area contributed by atoms with Crippen LogP contribution >= 0.6 is 0 Å². The van der Waals surface area contributed by atoms with Crippen molar-refractivity contribution in [1.29, 1.82) is 0 Å². The lowest BCUT2D eigenvalue weighted by molar-refractivity contribution is -0.111. The number of nitrogens with zero attached hydrogens (tertiary/aromatic N) is 3. The topological polar surface area (TPSA) is 59.8 Å². The van der Waals surface area contributed by atoms with Crippen LogP contribution in [0.2, 0.25) is 0 Å². The number of aryl methyl sites for hydroxylation is 1. The van der Waals surface area contributed by atoms with Gasteiger partial charge in [0.25, 0.3) is 0 Å². The minimum Gasteiger partial charge on any atom is -0.304 e. The largest absolute Gasteiger partial charge is 0.304 e. The summed E-state index contributed by atoms with van der Waals surface area (Å²) < 4.78 is 1.60. The number of hydrogen-bond donors (Lipinski definition) is 1. The van der Waals surface area contributed by atoms with Crippen LogP contribution in [0.25, 0.3) is 5.69 Å². The summed E-state index contributed by atoms with van der Waals surface area (Å²) in [5.74, 6) is 0.0939. The van der Waals surface area contributed by atoms with E-state index >= 15 is 0 Å². The molecule has 2 aromatic rings. The number of anilines is 1. The molecule has 17 heavy (non-hydrogen) atoms. The third-order valence-electron chi connectivity index (χ3n) is 2.23. The third-order valence-corrected chi connectivity index (χ3v) is 2.23. The molecule has 2 rings (SSSR count). The van der Waals surface area contributed by atoms with Crippen molar-refractivity contribution < 1.29 is 4.79 Å². The number of rotatable bonds is 3. The summed E-state index contributed by atoms with van der Waals surface area (Å²) in [7, 11) is 0. The Hall–Kier alpha value is -2.43. The standard InChI is InChI=1S/C12H12N4O/c1-3-12(17)13-11-8-16(15-14-11)10-6-4-9(2)5-7-10/h3-8H,1H2,2H3,(H,13,17). The highest BCUT2D eigenvalue weighted by atomic mass is 16.1. The SMILES string of the molecule is C=CC(=O)Nc1cn(-c2ccc(C)cc2)nn1. The highest BCUT2D eigenvalue weighted by Crippen LogP contribution is 2.10. The number of amides is 1. The molecule has 5 heteroatoms. The summed E-state index contributed by atoms with van der Waals surface area (Å²) in [6.07, 6.45) is 2.83. The summed E-state index contributed by atoms with van der Waals surface area (Å²) >= 11 is 0. The molecule has 1 heterocycles. The van der Waals surface area contributed by atoms with E-state index in [1.807, 2.05) is 31.2 Å². The zero-order valence-electron chi connectivity index (χ0n) is 9.42. The van der Waals surface area contributed by atoms with Crippen LogP contribution in [-0.2, 0) is 4.79 Å². The van der Waals surface area contributed by atoms with Gasteiger partial charge in [-0.25, -0.2) is 4.68 Å². The van der Waals surface area contributed by atoms with E-state index in [1.54, 1.807) is 10.9 Å². The predicted octanol–water partition coefficient (Wildman–Crippen LogP) is 1.70. The van der Waals surface area contributed by atoms with Crippen molar-refractivity contribution in [3.8, 4) is 5.69 Å². The minimum absolute atomic E-state index is 0.305. The van der Waals surface area contributed by atoms with Gasteiger partial charge in [-0.1, -0.05) is 29.5 Å². The molecular formula is C12H12N4O. The van der Waals surface area contributed by atoms with E-state index < -0.39 is 0 Å². The highest BCUT2D eigenvalue weighted by molar-refractivity contribution is 5.98. The summed E-state index contributed by atoms with van der Waals surface area (Å²) in [5, 5.41) is 10.3. The number of benzene rings is 1. The van der Waals surface area contributed by atoms with Crippen LogP contribution in [0.1, 0.15) is 5.56 Å². The van der Waals surface area contributed by atoms with Crippen molar-refractivity contribution in [2.75, 3.05) is 5.32 Å². The smallest absolute Gasteiger partial charge is 0.249 e. The molecule has 0 fully saturated rings. The van der Waals surface area contributed by atoms with Crippen LogP contribution in [0, 0.1) is 6.92 Å². The molecule has 0 aliphatic heterocycles. The molecule has 1 aromatic heterocycles. The Morgan fingerprint density at radius 3 is 2.76 bits per heavy atom. The van der Waals surface area contributed by atoms with Crippen LogP contribution in [0.5, 0.6) is 0 Å². The second kappa shape index (κ2) is 4.61. The normalized spacial score (nSPS) is 9.94. The number of carbonyl (C=O) groups excluding carboxylic acids is 1. The first-order chi connectivity index (χ1) is 8.19. The van der Waals surface area contributed by atoms with Crippen molar-refractivity contribution in [1.82, 2.24) is 15.0 Å². The van der Waals surface area contributed by atoms with Crippen LogP contribution < -0.4 is 5.32 Å². The van der Waals surface area contributed by atoms with E-state index in [9.17, 15) is 4.79 Å². The fraction of sp³-hybridized carbons (Fsp3) is 0.0833. The van der Waals surface area contributed by atoms with Gasteiger partial charge in [-0.3, -0.25) is 4.79 Å². The van der Waals surface area contributed by atoms with Gasteiger partial charge in [0.2, 0.25) is 5.91 Å². The van der Waals surface area contributed by atoms with Gasteiger partial charge in [0.05, 0.1) is 11.9 Å². The predicted molar refractivity (Wildman–Crippen MR) is 64.9 cm³/mol. The van der Waals surface area contributed by atoms with Crippen molar-refractivity contribution in [3.05, 3.63) is 48.7 Å². The van der Waals surface area contributed by atoms with Crippen LogP contribution in [0.3, 0.4) is 0 Å². The maximum Gasteiger partial charge on any atom is 0.249 e. The fourth-order valence-corrected chi connectivity index (χ4v) is 1.32. The fourth-order valence-electron chi connectivity index (χ4n) is 1.32. The average molecular weight is 228 g/mol. The number of nitrogens with one attached hydrogen (secondary N) is 1. The molecule has 1 aromatic carbocycles. The molecule has 0 saturated carbocycles. The Labute approximate surface area is 98.8 Å². The molecule has 0 unspecified atom stereocenters. The average Bonchev–Trinajstić information content (AvgIpc) is 2.78. The molecule has 0 aliphatic carbocycles. The lowest BCUT2D eigenvalue weighted by atomic mass is 10.2. The monoisotopic (exact) mass is 228 g/mol. The van der Waals surface area contributed by atoms with Crippen LogP contribution in [0.4, 0.5) is 5.82 Å². The first-order valence-electron chi connectivity index (χ1n) is 5.12. The second-order valence-electron chi connectivity index (χ2n) is 3.58. The molecule has 0 aliphatic rings. The Kier molecular flexibility index (Phi) is 3.00. The van der Waals surface area contributed by atoms with Gasteiger partial charge in [-0.15, -0.1) is 5.10 Å². The zero-order chi connectivity index (χ0) is 12.3. The summed E-state index contributed by atoms with van der Waals surface area (Å²) in [6.45, 7) is 5.38. The number of hydrogen-bond acceptors (Lipinski definition) is 3. The highest BCUT2D eigenvalue weighted by Gasteiger charge is 2.04. The van der Waals surface area contributed by atoms with Gasteiger partial charge in [0.1, 0.15) is 0 Å². The molecule has 86 valence electrons. The molecule has 0 saturated heterocycles. The summed E-state index contributed by atoms with van der Waals surface area (Å²) in [5.41, 5.74) is 2.07. The number of aromatic nitrogens is 3. The van der Waals surface area contributed by atoms with E-state index in [0.29, 0.717) is 5.82 Å². The van der Waals surface area contributed by atoms with Crippen molar-refractivity contribution in [2.45, 2.75) is 6.92 Å². The number of carbonyl (C=O) groups is 1. The molecule has 5 nitrogen and oxygen atoms in total. The second-order valence-corrected chi connectivity index (χ2v) is 3.58. The molecule has 0 radical (unpaired) electrons. The molecule has 0 bridgehead atoms. The van der Waals surface area contributed by atoms with Gasteiger partial charge < -0.3 is 5.32 Å². The molecular weight excluding hydrogens is 216 g/mol. The molecule has 0 spiro atoms. The van der Waals surface area contributed by atoms with Crippen molar-refractivity contribution in [3.63, 3.8) is 0 Å². The Balaban J connectivity index is 2.20. The first kappa shape index (κ1) is 11.1. The molecule has 1 N–H and O–H groups in total. The Bertz CT molecular complexity index is 542. The first-order valence-corrected chi connectivity index (χ1v) is 5.12. The van der Waals surface area contributed by atoms with Gasteiger partial charge in [0, 0.05) is 0 Å². The van der Waals surface area contributed by atoms with Crippen molar-refractivity contribution >= 4 is 11.7 Å². The zero-order valence-corrected chi connectivity index (χ0v) is 9.42. The van der Waals surface area contributed by atoms with Gasteiger partial charge in [-0.05, 0) is 25.1 Å². The van der Waals surface area contributed by atoms with Gasteiger partial charge in [-0.2, -0.15) is 0 Å². The maximum absolute atomic E-state index is 11.1. The van der Waals surface area contributed by atoms with Crippen LogP contribution in [-0.4, -0.2) is 20.9 Å². The van der Waals surface area contributed by atoms with E-state index in [4.69, 9.17) is 0 Å². The quantitative estimate of drug-likeness (QED) is 0.813. The minimum atomic E-state index is -0.305. The van der Waals surface area contributed by atoms with Crippen LogP contribution in [0.15, 0.2) is 43.1 Å². The maximum atomic E-state index is 11.1. The Morgan fingerprint density at radius 1 is 1.41 bits per heavy atom.